The summed E-state index contributed by atoms with van der Waals surface area (Å²) in [5, 5.41) is 17.0. The number of rotatable bonds is 5. The number of para-hydroxylation sites is 1. The highest BCUT2D eigenvalue weighted by Crippen LogP contribution is 2.22. The van der Waals surface area contributed by atoms with Gasteiger partial charge in [0.2, 0.25) is 0 Å². The van der Waals surface area contributed by atoms with Crippen molar-refractivity contribution in [3.8, 4) is 17.6 Å². The first kappa shape index (κ1) is 14.7. The number of nitriles is 1. The fraction of sp³-hybridized carbons (Fsp3) is 0.0625. The molecule has 104 valence electrons. The lowest BCUT2D eigenvalue weighted by molar-refractivity contribution is 0.482. The van der Waals surface area contributed by atoms with Crippen molar-refractivity contribution < 1.29 is 4.74 Å². The molecule has 3 N–H and O–H groups in total. The first-order chi connectivity index (χ1) is 10.1. The Kier molecular flexibility index (Phi) is 4.64. The molecule has 2 rings (SSSR count). The molecule has 0 heterocycles. The summed E-state index contributed by atoms with van der Waals surface area (Å²) in [6.07, 6.45) is 0. The first-order valence-corrected chi connectivity index (χ1v) is 6.63. The molecular formula is C16H13N3OS. The second kappa shape index (κ2) is 6.64. The SMILES string of the molecule is N#CC(C(=N)c1ccc(Oc2ccccc2)cc1)C(N)=S. The minimum Gasteiger partial charge on any atom is -0.457 e. The van der Waals surface area contributed by atoms with Crippen molar-refractivity contribution in [1.29, 1.82) is 10.7 Å². The Morgan fingerprint density at radius 3 is 2.19 bits per heavy atom. The zero-order valence-electron chi connectivity index (χ0n) is 11.1. The monoisotopic (exact) mass is 295 g/mol. The number of benzene rings is 2. The number of nitrogens with two attached hydrogens (primary N) is 1. The molecule has 0 spiro atoms. The molecule has 0 fully saturated rings. The molecule has 1 unspecified atom stereocenters. The Hall–Kier alpha value is -2.71. The maximum absolute atomic E-state index is 8.99. The number of ether oxygens (including phenoxy) is 1. The average molecular weight is 295 g/mol. The Labute approximate surface area is 128 Å². The van der Waals surface area contributed by atoms with Crippen LogP contribution in [0.3, 0.4) is 0 Å². The van der Waals surface area contributed by atoms with Gasteiger partial charge in [-0.05, 0) is 42.0 Å². The summed E-state index contributed by atoms with van der Waals surface area (Å²) in [5.74, 6) is 0.515. The normalized spacial score (nSPS) is 11.2. The van der Waals surface area contributed by atoms with Crippen molar-refractivity contribution in [1.82, 2.24) is 0 Å². The third-order valence-electron chi connectivity index (χ3n) is 2.85. The minimum atomic E-state index is -0.874. The van der Waals surface area contributed by atoms with Crippen LogP contribution in [0.15, 0.2) is 54.6 Å². The van der Waals surface area contributed by atoms with Gasteiger partial charge in [-0.1, -0.05) is 30.4 Å². The van der Waals surface area contributed by atoms with Crippen LogP contribution in [0.25, 0.3) is 0 Å². The fourth-order valence-corrected chi connectivity index (χ4v) is 1.93. The van der Waals surface area contributed by atoms with Gasteiger partial charge in [0, 0.05) is 0 Å². The Balaban J connectivity index is 2.14. The molecule has 0 aliphatic carbocycles. The molecule has 0 aliphatic rings. The Bertz CT molecular complexity index is 690. The molecule has 0 saturated carbocycles. The highest BCUT2D eigenvalue weighted by molar-refractivity contribution is 7.80. The second-order valence-corrected chi connectivity index (χ2v) is 4.79. The van der Waals surface area contributed by atoms with Crippen LogP contribution in [0.2, 0.25) is 0 Å². The van der Waals surface area contributed by atoms with E-state index in [1.807, 2.05) is 36.4 Å². The van der Waals surface area contributed by atoms with E-state index in [4.69, 9.17) is 33.4 Å². The highest BCUT2D eigenvalue weighted by Gasteiger charge is 2.18. The summed E-state index contributed by atoms with van der Waals surface area (Å²) in [6, 6.07) is 18.2. The van der Waals surface area contributed by atoms with Crippen LogP contribution in [-0.4, -0.2) is 10.7 Å². The van der Waals surface area contributed by atoms with E-state index in [2.05, 4.69) is 0 Å². The second-order valence-electron chi connectivity index (χ2n) is 4.32. The first-order valence-electron chi connectivity index (χ1n) is 6.22. The van der Waals surface area contributed by atoms with Gasteiger partial charge in [0.15, 0.2) is 0 Å². The molecule has 0 saturated heterocycles. The van der Waals surface area contributed by atoms with Crippen molar-refractivity contribution in [3.63, 3.8) is 0 Å². The summed E-state index contributed by atoms with van der Waals surface area (Å²) in [6.45, 7) is 0. The highest BCUT2D eigenvalue weighted by atomic mass is 32.1. The molecule has 5 heteroatoms. The average Bonchev–Trinajstić information content (AvgIpc) is 2.49. The summed E-state index contributed by atoms with van der Waals surface area (Å²) in [7, 11) is 0. The number of nitrogens with zero attached hydrogens (tertiary/aromatic N) is 1. The number of thiocarbonyl (C=S) groups is 1. The van der Waals surface area contributed by atoms with Crippen molar-refractivity contribution in [3.05, 3.63) is 60.2 Å². The smallest absolute Gasteiger partial charge is 0.138 e. The van der Waals surface area contributed by atoms with E-state index in [-0.39, 0.29) is 10.7 Å². The molecule has 2 aromatic rings. The standard InChI is InChI=1S/C16H13N3OS/c17-10-14(16(19)21)15(18)11-6-8-13(9-7-11)20-12-4-2-1-3-5-12/h1-9,14,18H,(H2,19,21). The minimum absolute atomic E-state index is 0.00659. The molecule has 2 aromatic carbocycles. The zero-order valence-corrected chi connectivity index (χ0v) is 11.9. The lowest BCUT2D eigenvalue weighted by atomic mass is 9.98. The number of hydrogen-bond donors (Lipinski definition) is 2. The molecule has 0 aromatic heterocycles. The van der Waals surface area contributed by atoms with Gasteiger partial charge in [-0.25, -0.2) is 0 Å². The maximum atomic E-state index is 8.99. The third-order valence-corrected chi connectivity index (χ3v) is 3.08. The van der Waals surface area contributed by atoms with E-state index in [1.165, 1.54) is 0 Å². The van der Waals surface area contributed by atoms with E-state index in [0.29, 0.717) is 11.3 Å². The van der Waals surface area contributed by atoms with Gasteiger partial charge in [0.1, 0.15) is 17.4 Å². The summed E-state index contributed by atoms with van der Waals surface area (Å²) in [5.41, 5.74) is 6.15. The van der Waals surface area contributed by atoms with Crippen molar-refractivity contribution in [2.24, 2.45) is 11.7 Å². The summed E-state index contributed by atoms with van der Waals surface area (Å²) in [4.78, 5) is 0.00659. The predicted molar refractivity (Wildman–Crippen MR) is 85.7 cm³/mol. The van der Waals surface area contributed by atoms with Gasteiger partial charge in [0.25, 0.3) is 0 Å². The van der Waals surface area contributed by atoms with Crippen LogP contribution in [-0.2, 0) is 0 Å². The Morgan fingerprint density at radius 2 is 1.67 bits per heavy atom. The van der Waals surface area contributed by atoms with Gasteiger partial charge in [0.05, 0.1) is 16.8 Å². The van der Waals surface area contributed by atoms with Gasteiger partial charge in [-0.2, -0.15) is 5.26 Å². The van der Waals surface area contributed by atoms with Gasteiger partial charge >= 0.3 is 0 Å². The molecule has 0 amide bonds. The molecule has 1 atom stereocenters. The number of hydrogen-bond acceptors (Lipinski definition) is 4. The molecule has 0 aliphatic heterocycles. The van der Waals surface area contributed by atoms with E-state index in [1.54, 1.807) is 24.3 Å². The van der Waals surface area contributed by atoms with Gasteiger partial charge in [-0.15, -0.1) is 0 Å². The summed E-state index contributed by atoms with van der Waals surface area (Å²) < 4.78 is 5.66. The quantitative estimate of drug-likeness (QED) is 0.655. The number of nitrogens with one attached hydrogen (secondary N) is 1. The molecule has 4 nitrogen and oxygen atoms in total. The third kappa shape index (κ3) is 3.65. The van der Waals surface area contributed by atoms with E-state index >= 15 is 0 Å². The van der Waals surface area contributed by atoms with Crippen LogP contribution in [0.5, 0.6) is 11.5 Å². The molecule has 21 heavy (non-hydrogen) atoms. The van der Waals surface area contributed by atoms with E-state index in [0.717, 1.165) is 5.75 Å². The zero-order chi connectivity index (χ0) is 15.2. The topological polar surface area (TPSA) is 82.9 Å². The van der Waals surface area contributed by atoms with Crippen LogP contribution in [0.4, 0.5) is 0 Å². The van der Waals surface area contributed by atoms with Crippen LogP contribution >= 0.6 is 12.2 Å². The molecular weight excluding hydrogens is 282 g/mol. The largest absolute Gasteiger partial charge is 0.457 e. The van der Waals surface area contributed by atoms with E-state index < -0.39 is 5.92 Å². The van der Waals surface area contributed by atoms with Crippen LogP contribution < -0.4 is 10.5 Å². The lowest BCUT2D eigenvalue weighted by Crippen LogP contribution is -2.27. The van der Waals surface area contributed by atoms with Crippen LogP contribution in [0.1, 0.15) is 5.56 Å². The maximum Gasteiger partial charge on any atom is 0.138 e. The van der Waals surface area contributed by atoms with Crippen LogP contribution in [0, 0.1) is 22.7 Å². The summed E-state index contributed by atoms with van der Waals surface area (Å²) >= 11 is 4.79. The van der Waals surface area contributed by atoms with E-state index in [9.17, 15) is 0 Å². The Morgan fingerprint density at radius 1 is 1.10 bits per heavy atom. The van der Waals surface area contributed by atoms with Crippen molar-refractivity contribution in [2.45, 2.75) is 0 Å². The fourth-order valence-electron chi connectivity index (χ4n) is 1.76. The van der Waals surface area contributed by atoms with Crippen molar-refractivity contribution in [2.75, 3.05) is 0 Å². The van der Waals surface area contributed by atoms with Gasteiger partial charge < -0.3 is 15.9 Å². The lowest BCUT2D eigenvalue weighted by Gasteiger charge is -2.10. The van der Waals surface area contributed by atoms with Crippen molar-refractivity contribution >= 4 is 22.9 Å². The predicted octanol–water partition coefficient (Wildman–Crippen LogP) is 3.27. The molecule has 0 radical (unpaired) electrons. The molecule has 0 bridgehead atoms. The van der Waals surface area contributed by atoms with Gasteiger partial charge in [-0.3, -0.25) is 0 Å².